The summed E-state index contributed by atoms with van der Waals surface area (Å²) in [5.74, 6) is -0.446. The highest BCUT2D eigenvalue weighted by atomic mass is 16.5. The number of methoxy groups -OCH3 is 1. The normalized spacial score (nSPS) is 10.4. The number of rotatable bonds is 4. The van der Waals surface area contributed by atoms with E-state index in [1.807, 2.05) is 18.2 Å². The van der Waals surface area contributed by atoms with Crippen LogP contribution in [0.1, 0.15) is 23.0 Å². The Bertz CT molecular complexity index is 843. The number of aryl methyl sites for hydroxylation is 1. The molecule has 4 heteroatoms. The minimum absolute atomic E-state index is 0.290. The summed E-state index contributed by atoms with van der Waals surface area (Å²) in [5, 5.41) is 0. The van der Waals surface area contributed by atoms with Gasteiger partial charge in [-0.1, -0.05) is 31.2 Å². The van der Waals surface area contributed by atoms with Gasteiger partial charge in [0.1, 0.15) is 5.69 Å². The first-order valence-electron chi connectivity index (χ1n) is 7.82. The Balaban J connectivity index is 2.15. The van der Waals surface area contributed by atoms with Crippen LogP contribution in [0.2, 0.25) is 0 Å². The molecule has 2 heterocycles. The summed E-state index contributed by atoms with van der Waals surface area (Å²) in [7, 11) is 1.35. The highest BCUT2D eigenvalue weighted by Crippen LogP contribution is 2.31. The van der Waals surface area contributed by atoms with Gasteiger partial charge in [-0.3, -0.25) is 4.98 Å². The molecule has 0 spiro atoms. The van der Waals surface area contributed by atoms with E-state index in [0.29, 0.717) is 5.69 Å². The SMILES string of the molecule is CCc1ccc(-c2ccc(C(=O)OC)nc2-c2ccncc2)cc1. The number of carbonyl (C=O) groups excluding carboxylic acids is 1. The first-order valence-corrected chi connectivity index (χ1v) is 7.82. The molecule has 4 nitrogen and oxygen atoms in total. The molecule has 2 aromatic heterocycles. The van der Waals surface area contributed by atoms with Gasteiger partial charge in [0.05, 0.1) is 12.8 Å². The molecule has 0 atom stereocenters. The summed E-state index contributed by atoms with van der Waals surface area (Å²) >= 11 is 0. The molecule has 0 aliphatic heterocycles. The summed E-state index contributed by atoms with van der Waals surface area (Å²) in [6, 6.07) is 15.8. The molecule has 0 amide bonds. The summed E-state index contributed by atoms with van der Waals surface area (Å²) in [4.78, 5) is 20.4. The van der Waals surface area contributed by atoms with Gasteiger partial charge in [0.15, 0.2) is 0 Å². The van der Waals surface area contributed by atoms with Crippen molar-refractivity contribution in [2.45, 2.75) is 13.3 Å². The zero-order valence-electron chi connectivity index (χ0n) is 13.7. The summed E-state index contributed by atoms with van der Waals surface area (Å²) in [6.45, 7) is 2.13. The van der Waals surface area contributed by atoms with E-state index in [2.05, 4.69) is 41.2 Å². The van der Waals surface area contributed by atoms with E-state index in [4.69, 9.17) is 4.74 Å². The van der Waals surface area contributed by atoms with Gasteiger partial charge in [-0.25, -0.2) is 9.78 Å². The quantitative estimate of drug-likeness (QED) is 0.678. The lowest BCUT2D eigenvalue weighted by atomic mass is 9.98. The molecule has 3 rings (SSSR count). The molecule has 0 saturated carbocycles. The number of hydrogen-bond acceptors (Lipinski definition) is 4. The van der Waals surface area contributed by atoms with Crippen LogP contribution in [0, 0.1) is 0 Å². The minimum Gasteiger partial charge on any atom is -0.464 e. The van der Waals surface area contributed by atoms with E-state index >= 15 is 0 Å². The molecule has 0 saturated heterocycles. The first-order chi connectivity index (χ1) is 11.7. The van der Waals surface area contributed by atoms with E-state index in [9.17, 15) is 4.79 Å². The molecule has 0 bridgehead atoms. The molecule has 3 aromatic rings. The average molecular weight is 318 g/mol. The molecule has 24 heavy (non-hydrogen) atoms. The molecular weight excluding hydrogens is 300 g/mol. The third kappa shape index (κ3) is 3.18. The van der Waals surface area contributed by atoms with Crippen LogP contribution >= 0.6 is 0 Å². The van der Waals surface area contributed by atoms with Crippen LogP contribution in [-0.4, -0.2) is 23.0 Å². The van der Waals surface area contributed by atoms with Crippen LogP contribution in [-0.2, 0) is 11.2 Å². The predicted octanol–water partition coefficient (Wildman–Crippen LogP) is 4.16. The van der Waals surface area contributed by atoms with E-state index in [1.54, 1.807) is 18.5 Å². The van der Waals surface area contributed by atoms with Gasteiger partial charge in [-0.05, 0) is 41.8 Å². The zero-order chi connectivity index (χ0) is 16.9. The van der Waals surface area contributed by atoms with Crippen molar-refractivity contribution in [1.82, 2.24) is 9.97 Å². The maximum Gasteiger partial charge on any atom is 0.356 e. The standard InChI is InChI=1S/C20H18N2O2/c1-3-14-4-6-15(7-5-14)17-8-9-18(20(23)24-2)22-19(17)16-10-12-21-13-11-16/h4-13H,3H2,1-2H3. The number of benzene rings is 1. The Hall–Kier alpha value is -3.01. The number of hydrogen-bond donors (Lipinski definition) is 0. The highest BCUT2D eigenvalue weighted by molar-refractivity contribution is 5.90. The van der Waals surface area contributed by atoms with E-state index < -0.39 is 5.97 Å². The van der Waals surface area contributed by atoms with Crippen molar-refractivity contribution in [2.24, 2.45) is 0 Å². The molecule has 1 aromatic carbocycles. The van der Waals surface area contributed by atoms with Crippen molar-refractivity contribution >= 4 is 5.97 Å². The van der Waals surface area contributed by atoms with Gasteiger partial charge in [0, 0.05) is 23.5 Å². The Morgan fingerprint density at radius 2 is 1.67 bits per heavy atom. The molecule has 0 fully saturated rings. The fourth-order valence-electron chi connectivity index (χ4n) is 2.56. The monoisotopic (exact) mass is 318 g/mol. The van der Waals surface area contributed by atoms with E-state index in [-0.39, 0.29) is 0 Å². The van der Waals surface area contributed by atoms with Crippen molar-refractivity contribution in [3.05, 3.63) is 72.2 Å². The number of ether oxygens (including phenoxy) is 1. The Morgan fingerprint density at radius 3 is 2.29 bits per heavy atom. The number of carbonyl (C=O) groups is 1. The van der Waals surface area contributed by atoms with Crippen molar-refractivity contribution in [3.63, 3.8) is 0 Å². The predicted molar refractivity (Wildman–Crippen MR) is 93.6 cm³/mol. The van der Waals surface area contributed by atoms with Gasteiger partial charge in [-0.15, -0.1) is 0 Å². The molecule has 120 valence electrons. The molecule has 0 aliphatic rings. The third-order valence-electron chi connectivity index (χ3n) is 3.92. The maximum absolute atomic E-state index is 11.8. The summed E-state index contributed by atoms with van der Waals surface area (Å²) < 4.78 is 4.79. The van der Waals surface area contributed by atoms with E-state index in [0.717, 1.165) is 28.8 Å². The van der Waals surface area contributed by atoms with Crippen molar-refractivity contribution in [1.29, 1.82) is 0 Å². The molecule has 0 aliphatic carbocycles. The van der Waals surface area contributed by atoms with Crippen LogP contribution in [0.15, 0.2) is 60.9 Å². The number of pyridine rings is 2. The lowest BCUT2D eigenvalue weighted by Gasteiger charge is -2.11. The van der Waals surface area contributed by atoms with Crippen molar-refractivity contribution in [2.75, 3.05) is 7.11 Å². The fourth-order valence-corrected chi connectivity index (χ4v) is 2.56. The van der Waals surface area contributed by atoms with Crippen LogP contribution in [0.3, 0.4) is 0 Å². The smallest absolute Gasteiger partial charge is 0.356 e. The van der Waals surface area contributed by atoms with Crippen LogP contribution in [0.25, 0.3) is 22.4 Å². The lowest BCUT2D eigenvalue weighted by Crippen LogP contribution is -2.05. The molecule has 0 unspecified atom stereocenters. The number of esters is 1. The minimum atomic E-state index is -0.446. The molecule has 0 radical (unpaired) electrons. The summed E-state index contributed by atoms with van der Waals surface area (Å²) in [6.07, 6.45) is 4.43. The largest absolute Gasteiger partial charge is 0.464 e. The van der Waals surface area contributed by atoms with Gasteiger partial charge in [0.25, 0.3) is 0 Å². The second-order valence-corrected chi connectivity index (χ2v) is 5.37. The zero-order valence-corrected chi connectivity index (χ0v) is 13.7. The van der Waals surface area contributed by atoms with Gasteiger partial charge >= 0.3 is 5.97 Å². The Labute approximate surface area is 141 Å². The molecule has 0 N–H and O–H groups in total. The van der Waals surface area contributed by atoms with Gasteiger partial charge in [-0.2, -0.15) is 0 Å². The van der Waals surface area contributed by atoms with Crippen LogP contribution in [0.5, 0.6) is 0 Å². The van der Waals surface area contributed by atoms with Gasteiger partial charge < -0.3 is 4.74 Å². The number of aromatic nitrogens is 2. The highest BCUT2D eigenvalue weighted by Gasteiger charge is 2.14. The van der Waals surface area contributed by atoms with Crippen LogP contribution < -0.4 is 0 Å². The number of nitrogens with zero attached hydrogens (tertiary/aromatic N) is 2. The summed E-state index contributed by atoms with van der Waals surface area (Å²) in [5.41, 5.74) is 5.25. The average Bonchev–Trinajstić information content (AvgIpc) is 2.67. The topological polar surface area (TPSA) is 52.1 Å². The second kappa shape index (κ2) is 7.04. The molecular formula is C20H18N2O2. The first kappa shape index (κ1) is 15.9. The lowest BCUT2D eigenvalue weighted by molar-refractivity contribution is 0.0594. The third-order valence-corrected chi connectivity index (χ3v) is 3.92. The maximum atomic E-state index is 11.8. The van der Waals surface area contributed by atoms with Crippen molar-refractivity contribution < 1.29 is 9.53 Å². The fraction of sp³-hybridized carbons (Fsp3) is 0.150. The Kier molecular flexibility index (Phi) is 4.66. The second-order valence-electron chi connectivity index (χ2n) is 5.37. The van der Waals surface area contributed by atoms with E-state index in [1.165, 1.54) is 12.7 Å². The van der Waals surface area contributed by atoms with Crippen LogP contribution in [0.4, 0.5) is 0 Å². The van der Waals surface area contributed by atoms with Crippen molar-refractivity contribution in [3.8, 4) is 22.4 Å². The van der Waals surface area contributed by atoms with Gasteiger partial charge in [0.2, 0.25) is 0 Å². The Morgan fingerprint density at radius 1 is 0.958 bits per heavy atom.